The zero-order valence-corrected chi connectivity index (χ0v) is 11.7. The van der Waals surface area contributed by atoms with E-state index in [1.807, 2.05) is 39.8 Å². The van der Waals surface area contributed by atoms with Crippen molar-refractivity contribution in [3.05, 3.63) is 44.9 Å². The largest absolute Gasteiger partial charge is 0.421 e. The Balaban J connectivity index is 2.27. The lowest BCUT2D eigenvalue weighted by atomic mass is 10.1. The smallest absolute Gasteiger partial charge is 0.363 e. The van der Waals surface area contributed by atoms with Crippen molar-refractivity contribution in [1.82, 2.24) is 4.98 Å². The molecule has 0 saturated carbocycles. The van der Waals surface area contributed by atoms with Crippen molar-refractivity contribution in [2.75, 3.05) is 0 Å². The lowest BCUT2D eigenvalue weighted by Crippen LogP contribution is -2.10. The number of nitrogens with zero attached hydrogens (tertiary/aromatic N) is 1. The molecule has 0 aliphatic heterocycles. The van der Waals surface area contributed by atoms with Crippen molar-refractivity contribution >= 4 is 17.3 Å². The fraction of sp³-hybridized carbons (Fsp3) is 0.286. The standard InChI is InChI=1S/C14H15NO2S/c1-8-5-9(2)13(10(3)6-8)17-14(16)12-7-18-11(4)15-12/h5-7H,1-4H3. The van der Waals surface area contributed by atoms with Gasteiger partial charge >= 0.3 is 5.97 Å². The second-order valence-electron chi connectivity index (χ2n) is 4.37. The van der Waals surface area contributed by atoms with Gasteiger partial charge < -0.3 is 4.74 Å². The average Bonchev–Trinajstić information content (AvgIpc) is 2.70. The number of thiazole rings is 1. The molecule has 0 unspecified atom stereocenters. The van der Waals surface area contributed by atoms with Gasteiger partial charge in [0, 0.05) is 5.38 Å². The number of ether oxygens (including phenoxy) is 1. The van der Waals surface area contributed by atoms with E-state index < -0.39 is 5.97 Å². The van der Waals surface area contributed by atoms with Crippen LogP contribution in [-0.2, 0) is 0 Å². The van der Waals surface area contributed by atoms with Crippen LogP contribution in [0.1, 0.15) is 32.2 Å². The predicted octanol–water partition coefficient (Wildman–Crippen LogP) is 3.60. The van der Waals surface area contributed by atoms with E-state index in [1.165, 1.54) is 11.3 Å². The molecule has 3 nitrogen and oxygen atoms in total. The zero-order chi connectivity index (χ0) is 13.3. The second-order valence-corrected chi connectivity index (χ2v) is 5.43. The van der Waals surface area contributed by atoms with E-state index in [1.54, 1.807) is 5.38 Å². The minimum absolute atomic E-state index is 0.372. The molecule has 0 amide bonds. The van der Waals surface area contributed by atoms with Crippen LogP contribution in [0.15, 0.2) is 17.5 Å². The molecule has 4 heteroatoms. The highest BCUT2D eigenvalue weighted by Gasteiger charge is 2.15. The molecule has 0 N–H and O–H groups in total. The molecule has 0 spiro atoms. The Morgan fingerprint density at radius 3 is 2.28 bits per heavy atom. The quantitative estimate of drug-likeness (QED) is 0.612. The van der Waals surface area contributed by atoms with Gasteiger partial charge in [-0.25, -0.2) is 9.78 Å². The molecule has 0 fully saturated rings. The Morgan fingerprint density at radius 2 is 1.78 bits per heavy atom. The molecule has 0 atom stereocenters. The molecule has 0 saturated heterocycles. The van der Waals surface area contributed by atoms with Gasteiger partial charge in [0.15, 0.2) is 5.69 Å². The van der Waals surface area contributed by atoms with E-state index in [-0.39, 0.29) is 0 Å². The van der Waals surface area contributed by atoms with Gasteiger partial charge in [0.05, 0.1) is 5.01 Å². The summed E-state index contributed by atoms with van der Waals surface area (Å²) >= 11 is 1.44. The van der Waals surface area contributed by atoms with Crippen LogP contribution >= 0.6 is 11.3 Å². The number of aromatic nitrogens is 1. The SMILES string of the molecule is Cc1cc(C)c(OC(=O)c2csc(C)n2)c(C)c1. The number of aryl methyl sites for hydroxylation is 4. The number of esters is 1. The molecule has 1 heterocycles. The van der Waals surface area contributed by atoms with E-state index in [4.69, 9.17) is 4.74 Å². The summed E-state index contributed by atoms with van der Waals surface area (Å²) in [7, 11) is 0. The molecule has 94 valence electrons. The van der Waals surface area contributed by atoms with Crippen molar-refractivity contribution in [3.8, 4) is 5.75 Å². The molecular formula is C14H15NO2S. The fourth-order valence-electron chi connectivity index (χ4n) is 1.93. The maximum absolute atomic E-state index is 11.9. The Kier molecular flexibility index (Phi) is 3.48. The summed E-state index contributed by atoms with van der Waals surface area (Å²) < 4.78 is 5.44. The van der Waals surface area contributed by atoms with Gasteiger partial charge in [-0.05, 0) is 38.8 Å². The lowest BCUT2D eigenvalue weighted by Gasteiger charge is -2.10. The monoisotopic (exact) mass is 261 g/mol. The summed E-state index contributed by atoms with van der Waals surface area (Å²) in [6.07, 6.45) is 0. The first-order chi connectivity index (χ1) is 8.47. The number of hydrogen-bond acceptors (Lipinski definition) is 4. The van der Waals surface area contributed by atoms with Crippen LogP contribution in [0.5, 0.6) is 5.75 Å². The molecule has 2 aromatic rings. The second kappa shape index (κ2) is 4.90. The third kappa shape index (κ3) is 2.59. The first kappa shape index (κ1) is 12.8. The number of benzene rings is 1. The molecular weight excluding hydrogens is 246 g/mol. The van der Waals surface area contributed by atoms with Crippen molar-refractivity contribution < 1.29 is 9.53 Å². The molecule has 0 bridgehead atoms. The summed E-state index contributed by atoms with van der Waals surface area (Å²) in [6.45, 7) is 7.77. The van der Waals surface area contributed by atoms with Gasteiger partial charge in [0.1, 0.15) is 5.75 Å². The van der Waals surface area contributed by atoms with E-state index in [0.717, 1.165) is 21.7 Å². The molecule has 2 rings (SSSR count). The van der Waals surface area contributed by atoms with Crippen LogP contribution in [0.4, 0.5) is 0 Å². The van der Waals surface area contributed by atoms with Crippen molar-refractivity contribution in [2.45, 2.75) is 27.7 Å². The number of rotatable bonds is 2. The number of hydrogen-bond donors (Lipinski definition) is 0. The van der Waals surface area contributed by atoms with Gasteiger partial charge in [-0.3, -0.25) is 0 Å². The minimum atomic E-state index is -0.394. The van der Waals surface area contributed by atoms with Crippen LogP contribution in [0, 0.1) is 27.7 Å². The first-order valence-corrected chi connectivity index (χ1v) is 6.57. The van der Waals surface area contributed by atoms with Crippen LogP contribution in [0.3, 0.4) is 0 Å². The molecule has 1 aromatic heterocycles. The number of carbonyl (C=O) groups excluding carboxylic acids is 1. The summed E-state index contributed by atoms with van der Waals surface area (Å²) in [5.41, 5.74) is 3.46. The highest BCUT2D eigenvalue weighted by Crippen LogP contribution is 2.25. The van der Waals surface area contributed by atoms with E-state index in [9.17, 15) is 4.79 Å². The van der Waals surface area contributed by atoms with Crippen molar-refractivity contribution in [3.63, 3.8) is 0 Å². The molecule has 18 heavy (non-hydrogen) atoms. The topological polar surface area (TPSA) is 39.2 Å². The van der Waals surface area contributed by atoms with Gasteiger partial charge in [-0.15, -0.1) is 11.3 Å². The van der Waals surface area contributed by atoms with Crippen LogP contribution in [0.25, 0.3) is 0 Å². The Morgan fingerprint density at radius 1 is 1.17 bits per heavy atom. The fourth-order valence-corrected chi connectivity index (χ4v) is 2.51. The van der Waals surface area contributed by atoms with Gasteiger partial charge in [0.25, 0.3) is 0 Å². The van der Waals surface area contributed by atoms with E-state index in [2.05, 4.69) is 4.98 Å². The van der Waals surface area contributed by atoms with Crippen molar-refractivity contribution in [2.24, 2.45) is 0 Å². The van der Waals surface area contributed by atoms with Crippen LogP contribution in [-0.4, -0.2) is 11.0 Å². The molecule has 0 aliphatic carbocycles. The normalized spacial score (nSPS) is 10.4. The van der Waals surface area contributed by atoms with Crippen LogP contribution in [0.2, 0.25) is 0 Å². The van der Waals surface area contributed by atoms with Gasteiger partial charge in [-0.2, -0.15) is 0 Å². The van der Waals surface area contributed by atoms with Gasteiger partial charge in [-0.1, -0.05) is 17.7 Å². The maximum Gasteiger partial charge on any atom is 0.363 e. The summed E-state index contributed by atoms with van der Waals surface area (Å²) in [5.74, 6) is 0.241. The molecule has 0 radical (unpaired) electrons. The highest BCUT2D eigenvalue weighted by atomic mass is 32.1. The molecule has 0 aliphatic rings. The van der Waals surface area contributed by atoms with E-state index >= 15 is 0 Å². The maximum atomic E-state index is 11.9. The summed E-state index contributed by atoms with van der Waals surface area (Å²) in [5, 5.41) is 2.58. The Bertz CT molecular complexity index is 579. The highest BCUT2D eigenvalue weighted by molar-refractivity contribution is 7.09. The van der Waals surface area contributed by atoms with Gasteiger partial charge in [0.2, 0.25) is 0 Å². The van der Waals surface area contributed by atoms with Crippen LogP contribution < -0.4 is 4.74 Å². The lowest BCUT2D eigenvalue weighted by molar-refractivity contribution is 0.0726. The summed E-state index contributed by atoms with van der Waals surface area (Å²) in [4.78, 5) is 16.1. The third-order valence-electron chi connectivity index (χ3n) is 2.63. The van der Waals surface area contributed by atoms with Crippen molar-refractivity contribution in [1.29, 1.82) is 0 Å². The zero-order valence-electron chi connectivity index (χ0n) is 10.9. The first-order valence-electron chi connectivity index (χ1n) is 5.69. The summed E-state index contributed by atoms with van der Waals surface area (Å²) in [6, 6.07) is 4.00. The van der Waals surface area contributed by atoms with E-state index in [0.29, 0.717) is 11.4 Å². The Labute approximate surface area is 110 Å². The molecule has 1 aromatic carbocycles. The third-order valence-corrected chi connectivity index (χ3v) is 3.40. The predicted molar refractivity (Wildman–Crippen MR) is 72.5 cm³/mol. The average molecular weight is 261 g/mol. The Hall–Kier alpha value is -1.68. The minimum Gasteiger partial charge on any atom is -0.421 e. The number of carbonyl (C=O) groups is 1.